The summed E-state index contributed by atoms with van der Waals surface area (Å²) >= 11 is 0. The van der Waals surface area contributed by atoms with Gasteiger partial charge in [0.05, 0.1) is 25.9 Å². The van der Waals surface area contributed by atoms with Crippen LogP contribution < -0.4 is 0 Å². The number of rotatable bonds is 4. The Morgan fingerprint density at radius 1 is 1.38 bits per heavy atom. The maximum atomic E-state index is 12.2. The number of morpholine rings is 1. The summed E-state index contributed by atoms with van der Waals surface area (Å²) in [5.41, 5.74) is 0.558. The van der Waals surface area contributed by atoms with Crippen molar-refractivity contribution in [2.45, 2.75) is 6.10 Å². The van der Waals surface area contributed by atoms with E-state index in [1.165, 1.54) is 4.90 Å². The van der Waals surface area contributed by atoms with Gasteiger partial charge in [-0.25, -0.2) is 0 Å². The van der Waals surface area contributed by atoms with Gasteiger partial charge in [-0.3, -0.25) is 9.59 Å². The molecule has 0 bridgehead atoms. The number of hydrogen-bond donors (Lipinski definition) is 1. The third-order valence-corrected chi connectivity index (χ3v) is 3.43. The zero-order chi connectivity index (χ0) is 15.2. The Labute approximate surface area is 123 Å². The number of nitrogens with zero attached hydrogens (tertiary/aromatic N) is 2. The molecule has 2 amide bonds. The van der Waals surface area contributed by atoms with E-state index >= 15 is 0 Å². The molecule has 0 aromatic heterocycles. The highest BCUT2D eigenvalue weighted by atomic mass is 16.5. The second-order valence-electron chi connectivity index (χ2n) is 5.04. The summed E-state index contributed by atoms with van der Waals surface area (Å²) in [7, 11) is 1.61. The molecule has 1 fully saturated rings. The van der Waals surface area contributed by atoms with Gasteiger partial charge in [-0.2, -0.15) is 0 Å². The molecule has 6 nitrogen and oxygen atoms in total. The lowest BCUT2D eigenvalue weighted by Crippen LogP contribution is -2.50. The van der Waals surface area contributed by atoms with Gasteiger partial charge in [-0.05, 0) is 12.1 Å². The number of aliphatic hydroxyl groups is 1. The third kappa shape index (κ3) is 4.03. The van der Waals surface area contributed by atoms with Crippen LogP contribution >= 0.6 is 0 Å². The number of carbonyl (C=O) groups excluding carboxylic acids is 2. The van der Waals surface area contributed by atoms with Crippen LogP contribution in [0.25, 0.3) is 0 Å². The quantitative estimate of drug-likeness (QED) is 0.846. The molecule has 2 rings (SSSR count). The molecule has 1 aliphatic rings. The molecule has 1 aromatic rings. The maximum Gasteiger partial charge on any atom is 0.254 e. The Hall–Kier alpha value is -1.92. The van der Waals surface area contributed by atoms with E-state index in [2.05, 4.69) is 0 Å². The van der Waals surface area contributed by atoms with Crippen LogP contribution in [-0.2, 0) is 9.53 Å². The molecule has 21 heavy (non-hydrogen) atoms. The smallest absolute Gasteiger partial charge is 0.254 e. The van der Waals surface area contributed by atoms with Gasteiger partial charge in [0.1, 0.15) is 0 Å². The summed E-state index contributed by atoms with van der Waals surface area (Å²) < 4.78 is 5.30. The van der Waals surface area contributed by atoms with Gasteiger partial charge in [0.15, 0.2) is 0 Å². The highest BCUT2D eigenvalue weighted by Crippen LogP contribution is 2.07. The summed E-state index contributed by atoms with van der Waals surface area (Å²) in [6.07, 6.45) is -0.335. The van der Waals surface area contributed by atoms with Crippen LogP contribution in [0.1, 0.15) is 10.4 Å². The molecule has 0 spiro atoms. The summed E-state index contributed by atoms with van der Waals surface area (Å²) in [6, 6.07) is 8.86. The molecule has 0 saturated carbocycles. The first kappa shape index (κ1) is 15.5. The molecule has 0 aliphatic carbocycles. The number of ether oxygens (including phenoxy) is 1. The van der Waals surface area contributed by atoms with Gasteiger partial charge in [-0.1, -0.05) is 18.2 Å². The molecular weight excluding hydrogens is 272 g/mol. The number of likely N-dealkylation sites (N-methyl/N-ethyl adjacent to an activating group) is 1. The van der Waals surface area contributed by atoms with Crippen molar-refractivity contribution >= 4 is 11.8 Å². The number of carbonyl (C=O) groups is 2. The zero-order valence-corrected chi connectivity index (χ0v) is 12.1. The van der Waals surface area contributed by atoms with E-state index in [4.69, 9.17) is 9.84 Å². The Kier molecular flexibility index (Phi) is 5.30. The van der Waals surface area contributed by atoms with E-state index < -0.39 is 0 Å². The lowest BCUT2D eigenvalue weighted by Gasteiger charge is -2.33. The molecule has 6 heteroatoms. The SMILES string of the molecule is CN(CC(=O)N1CCOC(CO)C1)C(=O)c1ccccc1. The molecule has 0 radical (unpaired) electrons. The predicted molar refractivity (Wildman–Crippen MR) is 76.8 cm³/mol. The largest absolute Gasteiger partial charge is 0.394 e. The lowest BCUT2D eigenvalue weighted by atomic mass is 10.2. The number of hydrogen-bond acceptors (Lipinski definition) is 4. The van der Waals surface area contributed by atoms with Crippen LogP contribution in [0.2, 0.25) is 0 Å². The van der Waals surface area contributed by atoms with Crippen LogP contribution in [0.4, 0.5) is 0 Å². The summed E-state index contributed by atoms with van der Waals surface area (Å²) in [5.74, 6) is -0.320. The van der Waals surface area contributed by atoms with E-state index in [1.807, 2.05) is 6.07 Å². The number of aliphatic hydroxyl groups excluding tert-OH is 1. The normalized spacial score (nSPS) is 18.4. The molecule has 1 atom stereocenters. The van der Waals surface area contributed by atoms with Crippen molar-refractivity contribution in [3.8, 4) is 0 Å². The fraction of sp³-hybridized carbons (Fsp3) is 0.467. The van der Waals surface area contributed by atoms with Gasteiger partial charge >= 0.3 is 0 Å². The number of amides is 2. The van der Waals surface area contributed by atoms with Crippen LogP contribution in [0.5, 0.6) is 0 Å². The molecule has 1 unspecified atom stereocenters. The second-order valence-corrected chi connectivity index (χ2v) is 5.04. The first-order valence-corrected chi connectivity index (χ1v) is 6.92. The highest BCUT2D eigenvalue weighted by molar-refractivity contribution is 5.96. The Morgan fingerprint density at radius 3 is 2.76 bits per heavy atom. The molecule has 1 saturated heterocycles. The maximum absolute atomic E-state index is 12.2. The second kappa shape index (κ2) is 7.19. The minimum atomic E-state index is -0.335. The van der Waals surface area contributed by atoms with Crippen LogP contribution in [0.15, 0.2) is 30.3 Å². The lowest BCUT2D eigenvalue weighted by molar-refractivity contribution is -0.140. The first-order chi connectivity index (χ1) is 10.1. The van der Waals surface area contributed by atoms with Crippen LogP contribution in [0, 0.1) is 0 Å². The van der Waals surface area contributed by atoms with Crippen molar-refractivity contribution in [3.05, 3.63) is 35.9 Å². The van der Waals surface area contributed by atoms with Crippen molar-refractivity contribution in [1.29, 1.82) is 0 Å². The van der Waals surface area contributed by atoms with Crippen molar-refractivity contribution < 1.29 is 19.4 Å². The van der Waals surface area contributed by atoms with E-state index in [0.717, 1.165) is 0 Å². The average Bonchev–Trinajstić information content (AvgIpc) is 2.54. The Balaban J connectivity index is 1.91. The van der Waals surface area contributed by atoms with Crippen molar-refractivity contribution in [2.24, 2.45) is 0 Å². The molecule has 1 aromatic carbocycles. The topological polar surface area (TPSA) is 70.1 Å². The number of benzene rings is 1. The van der Waals surface area contributed by atoms with Crippen LogP contribution in [-0.4, -0.2) is 72.7 Å². The van der Waals surface area contributed by atoms with Gasteiger partial charge < -0.3 is 19.6 Å². The fourth-order valence-electron chi connectivity index (χ4n) is 2.23. The summed E-state index contributed by atoms with van der Waals surface area (Å²) in [4.78, 5) is 27.4. The van der Waals surface area contributed by atoms with Gasteiger partial charge in [-0.15, -0.1) is 0 Å². The van der Waals surface area contributed by atoms with E-state index in [0.29, 0.717) is 25.3 Å². The first-order valence-electron chi connectivity index (χ1n) is 6.92. The minimum absolute atomic E-state index is 0.0197. The Morgan fingerprint density at radius 2 is 2.10 bits per heavy atom. The van der Waals surface area contributed by atoms with Gasteiger partial charge in [0.25, 0.3) is 5.91 Å². The molecular formula is C15H20N2O4. The third-order valence-electron chi connectivity index (χ3n) is 3.43. The molecule has 1 heterocycles. The molecule has 1 aliphatic heterocycles. The summed E-state index contributed by atoms with van der Waals surface area (Å²) in [6.45, 7) is 1.17. The van der Waals surface area contributed by atoms with Crippen molar-refractivity contribution in [3.63, 3.8) is 0 Å². The van der Waals surface area contributed by atoms with Crippen molar-refractivity contribution in [1.82, 2.24) is 9.80 Å². The fourth-order valence-corrected chi connectivity index (χ4v) is 2.23. The summed E-state index contributed by atoms with van der Waals surface area (Å²) in [5, 5.41) is 9.08. The van der Waals surface area contributed by atoms with Crippen LogP contribution in [0.3, 0.4) is 0 Å². The molecule has 114 valence electrons. The van der Waals surface area contributed by atoms with Gasteiger partial charge in [0, 0.05) is 25.7 Å². The van der Waals surface area contributed by atoms with E-state index in [9.17, 15) is 9.59 Å². The van der Waals surface area contributed by atoms with E-state index in [1.54, 1.807) is 36.2 Å². The van der Waals surface area contributed by atoms with Gasteiger partial charge in [0.2, 0.25) is 5.91 Å². The highest BCUT2D eigenvalue weighted by Gasteiger charge is 2.25. The Bertz CT molecular complexity index is 492. The standard InChI is InChI=1S/C15H20N2O4/c1-16(15(20)12-5-3-2-4-6-12)10-14(19)17-7-8-21-13(9-17)11-18/h2-6,13,18H,7-11H2,1H3. The zero-order valence-electron chi connectivity index (χ0n) is 12.1. The average molecular weight is 292 g/mol. The van der Waals surface area contributed by atoms with Crippen molar-refractivity contribution in [2.75, 3.05) is 39.9 Å². The minimum Gasteiger partial charge on any atom is -0.394 e. The predicted octanol–water partition coefficient (Wildman–Crippen LogP) is -0.0217. The van der Waals surface area contributed by atoms with E-state index in [-0.39, 0.29) is 31.1 Å². The molecule has 1 N–H and O–H groups in total. The monoisotopic (exact) mass is 292 g/mol.